The molecule has 0 bridgehead atoms. The third kappa shape index (κ3) is 4.26. The van der Waals surface area contributed by atoms with E-state index in [-0.39, 0.29) is 5.03 Å². The van der Waals surface area contributed by atoms with Crippen LogP contribution in [0.5, 0.6) is 0 Å². The van der Waals surface area contributed by atoms with Crippen LogP contribution in [0.3, 0.4) is 0 Å². The van der Waals surface area contributed by atoms with E-state index in [1.165, 1.54) is 0 Å². The van der Waals surface area contributed by atoms with Gasteiger partial charge in [-0.2, -0.15) is 0 Å². The summed E-state index contributed by atoms with van der Waals surface area (Å²) >= 11 is 0. The van der Waals surface area contributed by atoms with Crippen LogP contribution in [0, 0.1) is 11.8 Å². The molecule has 6 heteroatoms. The second kappa shape index (κ2) is 6.20. The summed E-state index contributed by atoms with van der Waals surface area (Å²) in [6.45, 7) is 7.47. The number of sulfonamides is 1. The van der Waals surface area contributed by atoms with Crippen LogP contribution in [0.25, 0.3) is 0 Å². The Morgan fingerprint density at radius 3 is 2.60 bits per heavy atom. The Hall–Kier alpha value is -0.980. The molecule has 1 aromatic rings. The lowest BCUT2D eigenvalue weighted by Gasteiger charge is -2.09. The van der Waals surface area contributed by atoms with E-state index in [9.17, 15) is 8.42 Å². The van der Waals surface area contributed by atoms with Crippen molar-refractivity contribution in [3.8, 4) is 0 Å². The summed E-state index contributed by atoms with van der Waals surface area (Å²) in [6, 6.07) is 3.76. The summed E-state index contributed by atoms with van der Waals surface area (Å²) in [7, 11) is -3.47. The zero-order chi connectivity index (χ0) is 14.8. The minimum Gasteiger partial charge on any atom is -0.310 e. The van der Waals surface area contributed by atoms with Gasteiger partial charge in [0, 0.05) is 25.3 Å². The van der Waals surface area contributed by atoms with Gasteiger partial charge in [-0.05, 0) is 29.9 Å². The lowest BCUT2D eigenvalue weighted by atomic mass is 10.2. The molecule has 0 saturated heterocycles. The molecule has 1 fully saturated rings. The van der Waals surface area contributed by atoms with Crippen LogP contribution in [-0.2, 0) is 16.6 Å². The fourth-order valence-electron chi connectivity index (χ4n) is 1.97. The molecule has 1 saturated carbocycles. The molecule has 2 unspecified atom stereocenters. The summed E-state index contributed by atoms with van der Waals surface area (Å²) in [4.78, 5) is 4.06. The molecule has 0 amide bonds. The lowest BCUT2D eigenvalue weighted by molar-refractivity contribution is 0.569. The topological polar surface area (TPSA) is 71.1 Å². The average Bonchev–Trinajstić information content (AvgIpc) is 3.11. The summed E-state index contributed by atoms with van der Waals surface area (Å²) in [5.74, 6) is 1.12. The van der Waals surface area contributed by atoms with Gasteiger partial charge in [0.2, 0.25) is 0 Å². The Bertz CT molecular complexity index is 540. The number of nitrogens with one attached hydrogen (secondary N) is 2. The standard InChI is InChI=1S/C14H23N3O2S/c1-10(2)15-7-12-4-5-14(16-8-12)20(18,19)17-9-13-6-11(13)3/h4-5,8,10-11,13,15,17H,6-7,9H2,1-3H3. The maximum absolute atomic E-state index is 12.1. The van der Waals surface area contributed by atoms with Crippen molar-refractivity contribution in [1.29, 1.82) is 0 Å². The molecule has 0 aromatic carbocycles. The van der Waals surface area contributed by atoms with E-state index >= 15 is 0 Å². The van der Waals surface area contributed by atoms with Gasteiger partial charge in [-0.25, -0.2) is 18.1 Å². The van der Waals surface area contributed by atoms with Gasteiger partial charge >= 0.3 is 0 Å². The van der Waals surface area contributed by atoms with Crippen molar-refractivity contribution in [2.24, 2.45) is 11.8 Å². The van der Waals surface area contributed by atoms with Crippen LogP contribution >= 0.6 is 0 Å². The van der Waals surface area contributed by atoms with Crippen molar-refractivity contribution >= 4 is 10.0 Å². The highest BCUT2D eigenvalue weighted by molar-refractivity contribution is 7.89. The van der Waals surface area contributed by atoms with Gasteiger partial charge in [0.1, 0.15) is 0 Å². The first-order valence-corrected chi connectivity index (χ1v) is 8.55. The second-order valence-corrected chi connectivity index (χ2v) is 7.58. The Morgan fingerprint density at radius 1 is 1.40 bits per heavy atom. The van der Waals surface area contributed by atoms with Crippen LogP contribution in [0.1, 0.15) is 32.8 Å². The maximum Gasteiger partial charge on any atom is 0.258 e. The van der Waals surface area contributed by atoms with Gasteiger partial charge in [-0.3, -0.25) is 0 Å². The Labute approximate surface area is 121 Å². The molecule has 112 valence electrons. The predicted molar refractivity (Wildman–Crippen MR) is 78.7 cm³/mol. The highest BCUT2D eigenvalue weighted by Gasteiger charge is 2.33. The highest BCUT2D eigenvalue weighted by atomic mass is 32.2. The zero-order valence-corrected chi connectivity index (χ0v) is 13.1. The molecular weight excluding hydrogens is 274 g/mol. The molecular formula is C14H23N3O2S. The van der Waals surface area contributed by atoms with E-state index in [4.69, 9.17) is 0 Å². The summed E-state index contributed by atoms with van der Waals surface area (Å²) < 4.78 is 26.7. The van der Waals surface area contributed by atoms with E-state index in [0.717, 1.165) is 12.0 Å². The van der Waals surface area contributed by atoms with Gasteiger partial charge in [-0.15, -0.1) is 0 Å². The third-order valence-electron chi connectivity index (χ3n) is 3.60. The quantitative estimate of drug-likeness (QED) is 0.800. The largest absolute Gasteiger partial charge is 0.310 e. The van der Waals surface area contributed by atoms with E-state index in [0.29, 0.717) is 31.0 Å². The molecule has 5 nitrogen and oxygen atoms in total. The van der Waals surface area contributed by atoms with Crippen LogP contribution in [0.15, 0.2) is 23.4 Å². The molecule has 0 radical (unpaired) electrons. The monoisotopic (exact) mass is 297 g/mol. The van der Waals surface area contributed by atoms with E-state index < -0.39 is 10.0 Å². The number of rotatable bonds is 7. The first-order chi connectivity index (χ1) is 9.38. The number of nitrogens with zero attached hydrogens (tertiary/aromatic N) is 1. The molecule has 20 heavy (non-hydrogen) atoms. The Morgan fingerprint density at radius 2 is 2.10 bits per heavy atom. The van der Waals surface area contributed by atoms with Crippen molar-refractivity contribution in [1.82, 2.24) is 15.0 Å². The fraction of sp³-hybridized carbons (Fsp3) is 0.643. The molecule has 1 aliphatic rings. The van der Waals surface area contributed by atoms with Gasteiger partial charge in [0.25, 0.3) is 10.0 Å². The van der Waals surface area contributed by atoms with E-state index in [2.05, 4.69) is 35.8 Å². The van der Waals surface area contributed by atoms with Crippen LogP contribution in [0.4, 0.5) is 0 Å². The molecule has 1 heterocycles. The van der Waals surface area contributed by atoms with Crippen molar-refractivity contribution in [3.05, 3.63) is 23.9 Å². The summed E-state index contributed by atoms with van der Waals surface area (Å²) in [6.07, 6.45) is 2.72. The molecule has 0 aliphatic heterocycles. The molecule has 2 atom stereocenters. The van der Waals surface area contributed by atoms with Gasteiger partial charge < -0.3 is 5.32 Å². The molecule has 0 spiro atoms. The maximum atomic E-state index is 12.1. The fourth-order valence-corrected chi connectivity index (χ4v) is 2.99. The highest BCUT2D eigenvalue weighted by Crippen LogP contribution is 2.36. The van der Waals surface area contributed by atoms with Crippen molar-refractivity contribution in [3.63, 3.8) is 0 Å². The zero-order valence-electron chi connectivity index (χ0n) is 12.3. The number of pyridine rings is 1. The van der Waals surface area contributed by atoms with Gasteiger partial charge in [0.15, 0.2) is 5.03 Å². The predicted octanol–water partition coefficient (Wildman–Crippen LogP) is 1.51. The van der Waals surface area contributed by atoms with Crippen LogP contribution in [0.2, 0.25) is 0 Å². The lowest BCUT2D eigenvalue weighted by Crippen LogP contribution is -2.27. The number of aromatic nitrogens is 1. The van der Waals surface area contributed by atoms with Crippen LogP contribution in [-0.4, -0.2) is 26.0 Å². The van der Waals surface area contributed by atoms with Gasteiger partial charge in [0.05, 0.1) is 0 Å². The number of hydrogen-bond acceptors (Lipinski definition) is 4. The first kappa shape index (κ1) is 15.4. The molecule has 2 N–H and O–H groups in total. The first-order valence-electron chi connectivity index (χ1n) is 7.06. The van der Waals surface area contributed by atoms with Crippen molar-refractivity contribution in [2.45, 2.75) is 44.8 Å². The Balaban J connectivity index is 1.93. The molecule has 2 rings (SSSR count). The number of hydrogen-bond donors (Lipinski definition) is 2. The van der Waals surface area contributed by atoms with Crippen molar-refractivity contribution < 1.29 is 8.42 Å². The average molecular weight is 297 g/mol. The summed E-state index contributed by atoms with van der Waals surface area (Å²) in [5, 5.41) is 3.36. The minimum atomic E-state index is -3.47. The molecule has 1 aliphatic carbocycles. The smallest absolute Gasteiger partial charge is 0.258 e. The summed E-state index contributed by atoms with van der Waals surface area (Å²) in [5.41, 5.74) is 0.980. The second-order valence-electron chi connectivity index (χ2n) is 5.87. The van der Waals surface area contributed by atoms with Gasteiger partial charge in [-0.1, -0.05) is 26.8 Å². The van der Waals surface area contributed by atoms with E-state index in [1.807, 2.05) is 0 Å². The SMILES string of the molecule is CC(C)NCc1ccc(S(=O)(=O)NCC2CC2C)nc1. The Kier molecular flexibility index (Phi) is 4.78. The van der Waals surface area contributed by atoms with E-state index in [1.54, 1.807) is 18.3 Å². The third-order valence-corrected chi connectivity index (χ3v) is 4.94. The minimum absolute atomic E-state index is 0.0964. The molecule has 1 aromatic heterocycles. The normalized spacial score (nSPS) is 22.2. The van der Waals surface area contributed by atoms with Crippen LogP contribution < -0.4 is 10.0 Å². The van der Waals surface area contributed by atoms with Crippen molar-refractivity contribution in [2.75, 3.05) is 6.54 Å².